The predicted molar refractivity (Wildman–Crippen MR) is 62.7 cm³/mol. The molecule has 0 heterocycles. The summed E-state index contributed by atoms with van der Waals surface area (Å²) in [5, 5.41) is 0.784. The van der Waals surface area contributed by atoms with Crippen molar-refractivity contribution < 1.29 is 0 Å². The summed E-state index contributed by atoms with van der Waals surface area (Å²) in [4.78, 5) is 0. The molecule has 0 amide bonds. The van der Waals surface area contributed by atoms with Crippen molar-refractivity contribution in [2.24, 2.45) is 0 Å². The topological polar surface area (TPSA) is 0 Å². The molecule has 0 saturated heterocycles. The molecule has 1 aromatic carbocycles. The zero-order valence-corrected chi connectivity index (χ0v) is 9.70. The van der Waals surface area contributed by atoms with E-state index < -0.39 is 0 Å². The van der Waals surface area contributed by atoms with Gasteiger partial charge in [-0.15, -0.1) is 0 Å². The Hall–Kier alpha value is -0.140. The van der Waals surface area contributed by atoms with Gasteiger partial charge in [0.05, 0.1) is 0 Å². The predicted octanol–water partition coefficient (Wildman–Crippen LogP) is 4.29. The minimum atomic E-state index is 0.00455. The number of hydrogen-bond donors (Lipinski definition) is 1. The molecule has 0 aromatic heterocycles. The fourth-order valence-electron chi connectivity index (χ4n) is 1.42. The molecule has 0 fully saturated rings. The van der Waals surface area contributed by atoms with Gasteiger partial charge in [0.2, 0.25) is 0 Å². The molecule has 0 aliphatic carbocycles. The Morgan fingerprint density at radius 2 is 1.62 bits per heavy atom. The summed E-state index contributed by atoms with van der Waals surface area (Å²) < 4.78 is 0.00455. The summed E-state index contributed by atoms with van der Waals surface area (Å²) >= 11 is 10.5. The van der Waals surface area contributed by atoms with Gasteiger partial charge in [-0.2, -0.15) is 12.6 Å². The largest absolute Gasteiger partial charge is 0.168 e. The van der Waals surface area contributed by atoms with Crippen LogP contribution in [0.2, 0.25) is 5.02 Å². The highest BCUT2D eigenvalue weighted by atomic mass is 35.5. The molecule has 0 radical (unpaired) electrons. The zero-order chi connectivity index (χ0) is 9.90. The molecule has 0 nitrogen and oxygen atoms in total. The highest BCUT2D eigenvalue weighted by Crippen LogP contribution is 2.35. The maximum Gasteiger partial charge on any atom is 0.0406 e. The van der Waals surface area contributed by atoms with E-state index in [2.05, 4.69) is 26.0 Å². The lowest BCUT2D eigenvalue weighted by molar-refractivity contribution is 0.585. The van der Waals surface area contributed by atoms with Crippen molar-refractivity contribution in [1.82, 2.24) is 0 Å². The van der Waals surface area contributed by atoms with Gasteiger partial charge in [0.15, 0.2) is 0 Å². The summed E-state index contributed by atoms with van der Waals surface area (Å²) in [7, 11) is 0. The third kappa shape index (κ3) is 2.41. The minimum Gasteiger partial charge on any atom is -0.168 e. The first-order valence-electron chi connectivity index (χ1n) is 4.61. The van der Waals surface area contributed by atoms with E-state index >= 15 is 0 Å². The van der Waals surface area contributed by atoms with Gasteiger partial charge in [-0.25, -0.2) is 0 Å². The standard InChI is InChI=1S/C11H15ClS/c1-3-11(13,4-2)9-5-7-10(12)8-6-9/h5-8,13H,3-4H2,1-2H3. The fraction of sp³-hybridized carbons (Fsp3) is 0.455. The molecular formula is C11H15ClS. The van der Waals surface area contributed by atoms with E-state index in [0.717, 1.165) is 17.9 Å². The van der Waals surface area contributed by atoms with Crippen molar-refractivity contribution in [1.29, 1.82) is 0 Å². The maximum atomic E-state index is 5.82. The SMILES string of the molecule is CCC(S)(CC)c1ccc(Cl)cc1. The van der Waals surface area contributed by atoms with Crippen molar-refractivity contribution in [3.05, 3.63) is 34.9 Å². The van der Waals surface area contributed by atoms with Gasteiger partial charge in [-0.05, 0) is 30.5 Å². The van der Waals surface area contributed by atoms with Crippen LogP contribution in [0.4, 0.5) is 0 Å². The van der Waals surface area contributed by atoms with Crippen LogP contribution in [0.3, 0.4) is 0 Å². The van der Waals surface area contributed by atoms with Crippen molar-refractivity contribution in [3.8, 4) is 0 Å². The second kappa shape index (κ2) is 4.39. The van der Waals surface area contributed by atoms with Crippen LogP contribution >= 0.6 is 24.2 Å². The van der Waals surface area contributed by atoms with E-state index in [-0.39, 0.29) is 4.75 Å². The molecular weight excluding hydrogens is 200 g/mol. The Bertz CT molecular complexity index is 262. The summed E-state index contributed by atoms with van der Waals surface area (Å²) in [6.07, 6.45) is 2.07. The van der Waals surface area contributed by atoms with Crippen LogP contribution in [0.15, 0.2) is 24.3 Å². The third-order valence-corrected chi connectivity index (χ3v) is 3.69. The summed E-state index contributed by atoms with van der Waals surface area (Å²) in [6, 6.07) is 7.96. The molecule has 2 heteroatoms. The van der Waals surface area contributed by atoms with Crippen LogP contribution in [0, 0.1) is 0 Å². The van der Waals surface area contributed by atoms with Crippen LogP contribution in [0.1, 0.15) is 32.3 Å². The molecule has 1 aromatic rings. The summed E-state index contributed by atoms with van der Waals surface area (Å²) in [5.41, 5.74) is 1.25. The molecule has 0 aliphatic heterocycles. The molecule has 1 rings (SSSR count). The second-order valence-corrected chi connectivity index (χ2v) is 4.54. The molecule has 0 aliphatic rings. The van der Waals surface area contributed by atoms with Gasteiger partial charge in [0.25, 0.3) is 0 Å². The minimum absolute atomic E-state index is 0.00455. The van der Waals surface area contributed by atoms with E-state index in [1.165, 1.54) is 5.56 Å². The first-order chi connectivity index (χ1) is 6.12. The van der Waals surface area contributed by atoms with Crippen LogP contribution in [-0.4, -0.2) is 0 Å². The molecule has 72 valence electrons. The average molecular weight is 215 g/mol. The summed E-state index contributed by atoms with van der Waals surface area (Å²) in [6.45, 7) is 4.32. The average Bonchev–Trinajstić information content (AvgIpc) is 2.18. The molecule has 13 heavy (non-hydrogen) atoms. The highest BCUT2D eigenvalue weighted by Gasteiger charge is 2.22. The molecule has 0 N–H and O–H groups in total. The van der Waals surface area contributed by atoms with Crippen LogP contribution in [0.25, 0.3) is 0 Å². The molecule has 0 bridgehead atoms. The Morgan fingerprint density at radius 1 is 1.15 bits per heavy atom. The van der Waals surface area contributed by atoms with E-state index in [9.17, 15) is 0 Å². The number of thiol groups is 1. The normalized spacial score (nSPS) is 11.7. The van der Waals surface area contributed by atoms with Gasteiger partial charge in [-0.3, -0.25) is 0 Å². The van der Waals surface area contributed by atoms with E-state index in [1.54, 1.807) is 0 Å². The molecule has 0 unspecified atom stereocenters. The fourth-order valence-corrected chi connectivity index (χ4v) is 1.69. The van der Waals surface area contributed by atoms with Crippen molar-refractivity contribution in [3.63, 3.8) is 0 Å². The monoisotopic (exact) mass is 214 g/mol. The molecule has 0 saturated carbocycles. The summed E-state index contributed by atoms with van der Waals surface area (Å²) in [5.74, 6) is 0. The lowest BCUT2D eigenvalue weighted by Gasteiger charge is -2.26. The van der Waals surface area contributed by atoms with Gasteiger partial charge in [0, 0.05) is 9.77 Å². The second-order valence-electron chi connectivity index (χ2n) is 3.25. The maximum absolute atomic E-state index is 5.82. The van der Waals surface area contributed by atoms with Crippen LogP contribution in [-0.2, 0) is 4.75 Å². The van der Waals surface area contributed by atoms with Gasteiger partial charge < -0.3 is 0 Å². The lowest BCUT2D eigenvalue weighted by atomic mass is 9.93. The Kier molecular flexibility index (Phi) is 3.69. The smallest absolute Gasteiger partial charge is 0.0406 e. The molecule has 0 spiro atoms. The third-order valence-electron chi connectivity index (χ3n) is 2.55. The van der Waals surface area contributed by atoms with Gasteiger partial charge in [0.1, 0.15) is 0 Å². The van der Waals surface area contributed by atoms with E-state index in [4.69, 9.17) is 24.2 Å². The zero-order valence-electron chi connectivity index (χ0n) is 8.05. The van der Waals surface area contributed by atoms with Crippen molar-refractivity contribution >= 4 is 24.2 Å². The van der Waals surface area contributed by atoms with E-state index in [0.29, 0.717) is 0 Å². The van der Waals surface area contributed by atoms with Crippen molar-refractivity contribution in [2.75, 3.05) is 0 Å². The first-order valence-corrected chi connectivity index (χ1v) is 5.43. The van der Waals surface area contributed by atoms with Gasteiger partial charge in [-0.1, -0.05) is 37.6 Å². The van der Waals surface area contributed by atoms with Crippen LogP contribution in [0.5, 0.6) is 0 Å². The van der Waals surface area contributed by atoms with Crippen molar-refractivity contribution in [2.45, 2.75) is 31.4 Å². The molecule has 0 atom stereocenters. The number of halogens is 1. The van der Waals surface area contributed by atoms with E-state index in [1.807, 2.05) is 12.1 Å². The number of rotatable bonds is 3. The Balaban J connectivity index is 2.99. The Morgan fingerprint density at radius 3 is 2.00 bits per heavy atom. The van der Waals surface area contributed by atoms with Crippen LogP contribution < -0.4 is 0 Å². The number of benzene rings is 1. The lowest BCUT2D eigenvalue weighted by Crippen LogP contribution is -2.15. The number of hydrogen-bond acceptors (Lipinski definition) is 1. The Labute approximate surface area is 90.7 Å². The van der Waals surface area contributed by atoms with Gasteiger partial charge >= 0.3 is 0 Å². The quantitative estimate of drug-likeness (QED) is 0.714. The highest BCUT2D eigenvalue weighted by molar-refractivity contribution is 7.81. The first kappa shape index (κ1) is 10.9.